The number of carbonyl (C=O) groups is 2. The van der Waals surface area contributed by atoms with Crippen LogP contribution in [0.5, 0.6) is 0 Å². The van der Waals surface area contributed by atoms with Crippen molar-refractivity contribution in [3.63, 3.8) is 0 Å². The van der Waals surface area contributed by atoms with Crippen molar-refractivity contribution in [3.05, 3.63) is 64.0 Å². The minimum absolute atomic E-state index is 0.0139. The maximum atomic E-state index is 12.8. The summed E-state index contributed by atoms with van der Waals surface area (Å²) in [5.74, 6) is -0.340. The maximum Gasteiger partial charge on any atom is 0.270 e. The molecule has 3 rings (SSSR count). The molecular formula is C21H20N4O4S2. The molecule has 0 bridgehead atoms. The summed E-state index contributed by atoms with van der Waals surface area (Å²) in [4.78, 5) is 39.8. The number of anilines is 2. The number of benzene rings is 2. The van der Waals surface area contributed by atoms with E-state index >= 15 is 0 Å². The summed E-state index contributed by atoms with van der Waals surface area (Å²) in [6, 6.07) is 13.5. The number of thioether (sulfide) groups is 1. The van der Waals surface area contributed by atoms with E-state index in [1.165, 1.54) is 42.2 Å². The molecule has 0 saturated carbocycles. The van der Waals surface area contributed by atoms with E-state index < -0.39 is 4.92 Å². The highest BCUT2D eigenvalue weighted by molar-refractivity contribution is 8.00. The van der Waals surface area contributed by atoms with Crippen LogP contribution in [0.1, 0.15) is 20.3 Å². The molecule has 2 N–H and O–H groups in total. The lowest BCUT2D eigenvalue weighted by Crippen LogP contribution is -2.24. The van der Waals surface area contributed by atoms with Gasteiger partial charge < -0.3 is 10.6 Å². The number of hydrogen-bond acceptors (Lipinski definition) is 7. The predicted molar refractivity (Wildman–Crippen MR) is 124 cm³/mol. The first-order valence-corrected chi connectivity index (χ1v) is 11.2. The van der Waals surface area contributed by atoms with E-state index in [1.54, 1.807) is 23.6 Å². The molecule has 3 aromatic rings. The van der Waals surface area contributed by atoms with Gasteiger partial charge in [0.25, 0.3) is 5.69 Å². The Morgan fingerprint density at radius 2 is 1.97 bits per heavy atom. The number of thiazole rings is 1. The molecule has 1 aromatic heterocycles. The van der Waals surface area contributed by atoms with Crippen molar-refractivity contribution in [1.29, 1.82) is 0 Å². The standard InChI is InChI=1S/C21H20N4O4S2/c1-3-19(31-17-9-5-7-15(11-17)22-13(2)26)20(27)24-21-23-18(12-30-21)14-6-4-8-16(10-14)25(28)29/h4-12,19H,3H2,1-2H3,(H,22,26)(H,23,24,27). The number of hydrogen-bond donors (Lipinski definition) is 2. The molecule has 2 aromatic carbocycles. The Balaban J connectivity index is 1.68. The van der Waals surface area contributed by atoms with Crippen molar-refractivity contribution in [2.45, 2.75) is 30.4 Å². The van der Waals surface area contributed by atoms with Crippen molar-refractivity contribution in [2.24, 2.45) is 0 Å². The van der Waals surface area contributed by atoms with Crippen LogP contribution in [0, 0.1) is 10.1 Å². The zero-order chi connectivity index (χ0) is 22.4. The molecule has 0 aliphatic carbocycles. The number of rotatable bonds is 8. The lowest BCUT2D eigenvalue weighted by Gasteiger charge is -2.14. The summed E-state index contributed by atoms with van der Waals surface area (Å²) < 4.78 is 0. The smallest absolute Gasteiger partial charge is 0.270 e. The van der Waals surface area contributed by atoms with Crippen LogP contribution in [0.2, 0.25) is 0 Å². The van der Waals surface area contributed by atoms with Gasteiger partial charge in [0.2, 0.25) is 11.8 Å². The molecule has 0 aliphatic rings. The normalized spacial score (nSPS) is 11.5. The minimum atomic E-state index is -0.456. The molecule has 10 heteroatoms. The molecule has 160 valence electrons. The van der Waals surface area contributed by atoms with Gasteiger partial charge in [0.05, 0.1) is 15.9 Å². The van der Waals surface area contributed by atoms with E-state index in [0.717, 1.165) is 4.90 Å². The first-order valence-electron chi connectivity index (χ1n) is 9.41. The second kappa shape index (κ2) is 10.2. The molecule has 0 radical (unpaired) electrons. The van der Waals surface area contributed by atoms with Crippen molar-refractivity contribution in [1.82, 2.24) is 4.98 Å². The Morgan fingerprint density at radius 1 is 1.19 bits per heavy atom. The Morgan fingerprint density at radius 3 is 2.68 bits per heavy atom. The summed E-state index contributed by atoms with van der Waals surface area (Å²) in [6.45, 7) is 3.36. The number of nitro groups is 1. The fourth-order valence-electron chi connectivity index (χ4n) is 2.77. The number of nitrogens with one attached hydrogen (secondary N) is 2. The van der Waals surface area contributed by atoms with E-state index in [9.17, 15) is 19.7 Å². The lowest BCUT2D eigenvalue weighted by molar-refractivity contribution is -0.384. The van der Waals surface area contributed by atoms with Gasteiger partial charge in [0, 0.05) is 40.6 Å². The molecule has 1 unspecified atom stereocenters. The van der Waals surface area contributed by atoms with Crippen LogP contribution in [-0.4, -0.2) is 27.0 Å². The largest absolute Gasteiger partial charge is 0.326 e. The van der Waals surface area contributed by atoms with Gasteiger partial charge in [0.15, 0.2) is 5.13 Å². The molecule has 31 heavy (non-hydrogen) atoms. The zero-order valence-corrected chi connectivity index (χ0v) is 18.5. The van der Waals surface area contributed by atoms with Gasteiger partial charge in [-0.05, 0) is 24.6 Å². The van der Waals surface area contributed by atoms with Crippen molar-refractivity contribution in [2.75, 3.05) is 10.6 Å². The van der Waals surface area contributed by atoms with E-state index in [0.29, 0.717) is 28.5 Å². The molecule has 1 atom stereocenters. The fraction of sp³-hybridized carbons (Fsp3) is 0.190. The number of nitro benzene ring substituents is 1. The quantitative estimate of drug-likeness (QED) is 0.274. The highest BCUT2D eigenvalue weighted by Crippen LogP contribution is 2.30. The summed E-state index contributed by atoms with van der Waals surface area (Å²) in [5.41, 5.74) is 1.84. The van der Waals surface area contributed by atoms with Gasteiger partial charge in [-0.25, -0.2) is 4.98 Å². The third-order valence-electron chi connectivity index (χ3n) is 4.18. The number of nitrogens with zero attached hydrogens (tertiary/aromatic N) is 2. The molecular weight excluding hydrogens is 436 g/mol. The monoisotopic (exact) mass is 456 g/mol. The molecule has 0 spiro atoms. The number of amides is 2. The Kier molecular flexibility index (Phi) is 7.37. The number of carbonyl (C=O) groups excluding carboxylic acids is 2. The van der Waals surface area contributed by atoms with Gasteiger partial charge in [-0.1, -0.05) is 25.1 Å². The maximum absolute atomic E-state index is 12.8. The van der Waals surface area contributed by atoms with Crippen LogP contribution in [0.4, 0.5) is 16.5 Å². The third kappa shape index (κ3) is 6.12. The summed E-state index contributed by atoms with van der Waals surface area (Å²) >= 11 is 2.66. The van der Waals surface area contributed by atoms with E-state index in [1.807, 2.05) is 25.1 Å². The zero-order valence-electron chi connectivity index (χ0n) is 16.8. The summed E-state index contributed by atoms with van der Waals surface area (Å²) in [7, 11) is 0. The van der Waals surface area contributed by atoms with Gasteiger partial charge >= 0.3 is 0 Å². The minimum Gasteiger partial charge on any atom is -0.326 e. The van der Waals surface area contributed by atoms with Crippen LogP contribution in [0.25, 0.3) is 11.3 Å². The Hall–Kier alpha value is -3.24. The highest BCUT2D eigenvalue weighted by atomic mass is 32.2. The molecule has 1 heterocycles. The van der Waals surface area contributed by atoms with Crippen molar-refractivity contribution in [3.8, 4) is 11.3 Å². The lowest BCUT2D eigenvalue weighted by atomic mass is 10.1. The average molecular weight is 457 g/mol. The van der Waals surface area contributed by atoms with Gasteiger partial charge in [-0.15, -0.1) is 23.1 Å². The van der Waals surface area contributed by atoms with Crippen LogP contribution in [-0.2, 0) is 9.59 Å². The van der Waals surface area contributed by atoms with E-state index in [2.05, 4.69) is 15.6 Å². The third-order valence-corrected chi connectivity index (χ3v) is 6.30. The van der Waals surface area contributed by atoms with Crippen LogP contribution < -0.4 is 10.6 Å². The topological polar surface area (TPSA) is 114 Å². The van der Waals surface area contributed by atoms with Gasteiger partial charge in [0.1, 0.15) is 0 Å². The molecule has 0 aliphatic heterocycles. The Labute approximate surface area is 187 Å². The summed E-state index contributed by atoms with van der Waals surface area (Å²) in [6.07, 6.45) is 0.601. The average Bonchev–Trinajstić information content (AvgIpc) is 3.20. The predicted octanol–water partition coefficient (Wildman–Crippen LogP) is 5.19. The van der Waals surface area contributed by atoms with E-state index in [4.69, 9.17) is 0 Å². The number of aromatic nitrogens is 1. The second-order valence-electron chi connectivity index (χ2n) is 6.56. The van der Waals surface area contributed by atoms with Crippen LogP contribution in [0.3, 0.4) is 0 Å². The molecule has 8 nitrogen and oxygen atoms in total. The second-order valence-corrected chi connectivity index (χ2v) is 8.69. The summed E-state index contributed by atoms with van der Waals surface area (Å²) in [5, 5.41) is 18.4. The fourth-order valence-corrected chi connectivity index (χ4v) is 4.50. The van der Waals surface area contributed by atoms with Crippen LogP contribution >= 0.6 is 23.1 Å². The number of non-ortho nitro benzene ring substituents is 1. The van der Waals surface area contributed by atoms with E-state index in [-0.39, 0.29) is 22.8 Å². The van der Waals surface area contributed by atoms with Gasteiger partial charge in [-0.3, -0.25) is 19.7 Å². The first kappa shape index (κ1) is 22.4. The molecule has 0 saturated heterocycles. The molecule has 0 fully saturated rings. The Bertz CT molecular complexity index is 1120. The SMILES string of the molecule is CCC(Sc1cccc(NC(C)=O)c1)C(=O)Nc1nc(-c2cccc([N+](=O)[O-])c2)cs1. The van der Waals surface area contributed by atoms with Crippen molar-refractivity contribution >= 4 is 51.4 Å². The highest BCUT2D eigenvalue weighted by Gasteiger charge is 2.20. The van der Waals surface area contributed by atoms with Crippen molar-refractivity contribution < 1.29 is 14.5 Å². The van der Waals surface area contributed by atoms with Gasteiger partial charge in [-0.2, -0.15) is 0 Å². The van der Waals surface area contributed by atoms with Crippen LogP contribution in [0.15, 0.2) is 58.8 Å². The molecule has 2 amide bonds. The first-order chi connectivity index (χ1) is 14.9.